The Labute approximate surface area is 200 Å². The molecule has 0 saturated carbocycles. The molecule has 1 saturated heterocycles. The third-order valence-electron chi connectivity index (χ3n) is 6.69. The molecule has 2 aromatic heterocycles. The minimum atomic E-state index is 0.0775. The Balaban J connectivity index is 1.50. The van der Waals surface area contributed by atoms with Crippen molar-refractivity contribution < 1.29 is 4.79 Å². The first kappa shape index (κ1) is 22.2. The Kier molecular flexibility index (Phi) is 5.86. The maximum Gasteiger partial charge on any atom is 0.254 e. The molecule has 1 fully saturated rings. The molecule has 172 valence electrons. The van der Waals surface area contributed by atoms with Crippen LogP contribution >= 0.6 is 0 Å². The molecule has 3 heterocycles. The van der Waals surface area contributed by atoms with Crippen LogP contribution in [0.15, 0.2) is 54.7 Å². The van der Waals surface area contributed by atoms with Gasteiger partial charge in [0.1, 0.15) is 5.82 Å². The first-order valence-corrected chi connectivity index (χ1v) is 12.0. The van der Waals surface area contributed by atoms with Gasteiger partial charge in [-0.3, -0.25) is 9.78 Å². The van der Waals surface area contributed by atoms with Crippen LogP contribution < -0.4 is 0 Å². The van der Waals surface area contributed by atoms with E-state index in [-0.39, 0.29) is 11.8 Å². The number of aryl methyl sites for hydroxylation is 4. The van der Waals surface area contributed by atoms with E-state index in [9.17, 15) is 4.79 Å². The van der Waals surface area contributed by atoms with E-state index >= 15 is 0 Å². The lowest BCUT2D eigenvalue weighted by molar-refractivity contribution is 0.0708. The van der Waals surface area contributed by atoms with Gasteiger partial charge in [-0.15, -0.1) is 0 Å². The van der Waals surface area contributed by atoms with Gasteiger partial charge in [0, 0.05) is 41.8 Å². The van der Waals surface area contributed by atoms with Crippen LogP contribution in [0.5, 0.6) is 0 Å². The van der Waals surface area contributed by atoms with Gasteiger partial charge in [0.05, 0.1) is 16.8 Å². The second-order valence-electron chi connectivity index (χ2n) is 9.51. The van der Waals surface area contributed by atoms with Gasteiger partial charge in [-0.25, -0.2) is 9.97 Å². The zero-order valence-corrected chi connectivity index (χ0v) is 20.3. The highest BCUT2D eigenvalue weighted by Crippen LogP contribution is 2.34. The van der Waals surface area contributed by atoms with E-state index in [1.54, 1.807) is 0 Å². The fourth-order valence-electron chi connectivity index (χ4n) is 5.04. The Bertz CT molecular complexity index is 1390. The average molecular weight is 451 g/mol. The molecule has 1 aliphatic rings. The Morgan fingerprint density at radius 2 is 1.79 bits per heavy atom. The first-order chi connectivity index (χ1) is 16.4. The topological polar surface area (TPSA) is 59.0 Å². The van der Waals surface area contributed by atoms with Crippen LogP contribution in [0.4, 0.5) is 0 Å². The van der Waals surface area contributed by atoms with E-state index in [1.165, 1.54) is 5.56 Å². The first-order valence-electron chi connectivity index (χ1n) is 12.0. The number of piperidine rings is 1. The van der Waals surface area contributed by atoms with Crippen LogP contribution in [0.2, 0.25) is 0 Å². The molecule has 0 radical (unpaired) electrons. The van der Waals surface area contributed by atoms with E-state index in [1.807, 2.05) is 43.1 Å². The summed E-state index contributed by atoms with van der Waals surface area (Å²) < 4.78 is 0. The number of hydrogen-bond acceptors (Lipinski definition) is 4. The van der Waals surface area contributed by atoms with Gasteiger partial charge in [0.25, 0.3) is 5.91 Å². The summed E-state index contributed by atoms with van der Waals surface area (Å²) in [5.74, 6) is 1.01. The van der Waals surface area contributed by atoms with Crippen molar-refractivity contribution in [3.8, 4) is 11.1 Å². The Morgan fingerprint density at radius 3 is 2.62 bits per heavy atom. The van der Waals surface area contributed by atoms with Crippen molar-refractivity contribution in [2.45, 2.75) is 46.5 Å². The van der Waals surface area contributed by atoms with Crippen molar-refractivity contribution in [1.29, 1.82) is 0 Å². The molecule has 5 heteroatoms. The number of pyridine rings is 1. The molecule has 0 unspecified atom stereocenters. The molecule has 34 heavy (non-hydrogen) atoms. The minimum absolute atomic E-state index is 0.0775. The maximum atomic E-state index is 13.8. The minimum Gasteiger partial charge on any atom is -0.338 e. The third kappa shape index (κ3) is 4.30. The van der Waals surface area contributed by atoms with Gasteiger partial charge < -0.3 is 4.90 Å². The highest BCUT2D eigenvalue weighted by Gasteiger charge is 2.29. The number of aromatic nitrogens is 3. The molecule has 4 aromatic rings. The van der Waals surface area contributed by atoms with Crippen molar-refractivity contribution in [3.05, 3.63) is 88.6 Å². The van der Waals surface area contributed by atoms with Crippen molar-refractivity contribution in [2.75, 3.05) is 13.1 Å². The summed E-state index contributed by atoms with van der Waals surface area (Å²) >= 11 is 0. The zero-order chi connectivity index (χ0) is 23.8. The van der Waals surface area contributed by atoms with E-state index in [0.29, 0.717) is 6.54 Å². The van der Waals surface area contributed by atoms with Crippen LogP contribution in [0, 0.1) is 27.7 Å². The summed E-state index contributed by atoms with van der Waals surface area (Å²) in [6, 6.07) is 16.5. The van der Waals surface area contributed by atoms with Gasteiger partial charge >= 0.3 is 0 Å². The molecular formula is C29H30N4O. The number of fused-ring (bicyclic) bond motifs is 1. The molecule has 0 bridgehead atoms. The SMILES string of the molecule is Cc1cccc(-c2cnc(C)nc2[C@H]2CCCN(C(=O)c3cc(C)nc4ccc(C)cc34)C2)c1. The van der Waals surface area contributed by atoms with Gasteiger partial charge in [0.15, 0.2) is 0 Å². The average Bonchev–Trinajstić information content (AvgIpc) is 2.83. The quantitative estimate of drug-likeness (QED) is 0.387. The van der Waals surface area contributed by atoms with Gasteiger partial charge in [-0.1, -0.05) is 41.5 Å². The monoisotopic (exact) mass is 450 g/mol. The highest BCUT2D eigenvalue weighted by atomic mass is 16.2. The van der Waals surface area contributed by atoms with Crippen LogP contribution in [0.3, 0.4) is 0 Å². The van der Waals surface area contributed by atoms with Gasteiger partial charge in [-0.05, 0) is 64.3 Å². The number of nitrogens with zero attached hydrogens (tertiary/aromatic N) is 4. The number of carbonyl (C=O) groups excluding carboxylic acids is 1. The second kappa shape index (κ2) is 8.98. The Hall–Kier alpha value is -3.60. The second-order valence-corrected chi connectivity index (χ2v) is 9.51. The number of rotatable bonds is 3. The molecule has 5 nitrogen and oxygen atoms in total. The summed E-state index contributed by atoms with van der Waals surface area (Å²) in [5.41, 5.74) is 8.05. The number of carbonyl (C=O) groups is 1. The molecule has 0 spiro atoms. The van der Waals surface area contributed by atoms with Crippen molar-refractivity contribution in [1.82, 2.24) is 19.9 Å². The number of hydrogen-bond donors (Lipinski definition) is 0. The van der Waals surface area contributed by atoms with Crippen molar-refractivity contribution in [3.63, 3.8) is 0 Å². The smallest absolute Gasteiger partial charge is 0.254 e. The molecule has 5 rings (SSSR count). The number of likely N-dealkylation sites (tertiary alicyclic amines) is 1. The normalized spacial score (nSPS) is 16.1. The molecule has 2 aromatic carbocycles. The van der Waals surface area contributed by atoms with E-state index in [4.69, 9.17) is 4.98 Å². The van der Waals surface area contributed by atoms with Gasteiger partial charge in [0.2, 0.25) is 0 Å². The molecule has 0 N–H and O–H groups in total. The molecule has 1 aliphatic heterocycles. The van der Waals surface area contributed by atoms with E-state index in [0.717, 1.165) is 69.8 Å². The lowest BCUT2D eigenvalue weighted by Gasteiger charge is -2.33. The summed E-state index contributed by atoms with van der Waals surface area (Å²) in [5, 5.41) is 0.927. The van der Waals surface area contributed by atoms with Crippen LogP contribution in [0.25, 0.3) is 22.0 Å². The maximum absolute atomic E-state index is 13.8. The Morgan fingerprint density at radius 1 is 0.971 bits per heavy atom. The fraction of sp³-hybridized carbons (Fsp3) is 0.310. The van der Waals surface area contributed by atoms with Crippen LogP contribution in [0.1, 0.15) is 57.5 Å². The summed E-state index contributed by atoms with van der Waals surface area (Å²) in [4.78, 5) is 29.8. The standard InChI is InChI=1S/C29H30N4O/c1-18-7-5-8-22(13-18)26-16-30-21(4)32-28(26)23-9-6-12-33(17-23)29(34)25-15-20(3)31-27-11-10-19(2)14-24(25)27/h5,7-8,10-11,13-16,23H,6,9,12,17H2,1-4H3/t23-/m0/s1. The van der Waals surface area contributed by atoms with Gasteiger partial charge in [-0.2, -0.15) is 0 Å². The molecule has 1 amide bonds. The largest absolute Gasteiger partial charge is 0.338 e. The van der Waals surface area contributed by atoms with Crippen LogP contribution in [-0.4, -0.2) is 38.8 Å². The van der Waals surface area contributed by atoms with E-state index < -0.39 is 0 Å². The van der Waals surface area contributed by atoms with Crippen LogP contribution in [-0.2, 0) is 0 Å². The molecule has 0 aliphatic carbocycles. The van der Waals surface area contributed by atoms with E-state index in [2.05, 4.69) is 54.1 Å². The molecular weight excluding hydrogens is 420 g/mol. The lowest BCUT2D eigenvalue weighted by atomic mass is 9.89. The molecule has 1 atom stereocenters. The zero-order valence-electron chi connectivity index (χ0n) is 20.3. The highest BCUT2D eigenvalue weighted by molar-refractivity contribution is 6.06. The third-order valence-corrected chi connectivity index (χ3v) is 6.69. The lowest BCUT2D eigenvalue weighted by Crippen LogP contribution is -2.39. The fourth-order valence-corrected chi connectivity index (χ4v) is 5.04. The summed E-state index contributed by atoms with van der Waals surface area (Å²) in [6.45, 7) is 9.45. The summed E-state index contributed by atoms with van der Waals surface area (Å²) in [6.07, 6.45) is 3.90. The number of benzene rings is 2. The predicted octanol–water partition coefficient (Wildman–Crippen LogP) is 5.95. The predicted molar refractivity (Wildman–Crippen MR) is 136 cm³/mol. The van der Waals surface area contributed by atoms with Crippen molar-refractivity contribution >= 4 is 16.8 Å². The van der Waals surface area contributed by atoms with Crippen molar-refractivity contribution in [2.24, 2.45) is 0 Å². The number of amides is 1. The summed E-state index contributed by atoms with van der Waals surface area (Å²) in [7, 11) is 0.